The summed E-state index contributed by atoms with van der Waals surface area (Å²) in [5.74, 6) is -29.2. The summed E-state index contributed by atoms with van der Waals surface area (Å²) in [6, 6.07) is 1.54. The normalized spacial score (nSPS) is 11.0. The lowest BCUT2D eigenvalue weighted by Crippen LogP contribution is -2.16. The van der Waals surface area contributed by atoms with Crippen molar-refractivity contribution in [2.24, 2.45) is 0 Å². The van der Waals surface area contributed by atoms with Crippen LogP contribution in [0.5, 0.6) is 5.75 Å². The molecular weight excluding hydrogens is 500 g/mol. The van der Waals surface area contributed by atoms with Crippen LogP contribution in [-0.2, 0) is 0 Å². The maximum Gasteiger partial charge on any atom is 0.353 e. The van der Waals surface area contributed by atoms with E-state index in [1.54, 1.807) is 0 Å². The third-order valence-corrected chi connectivity index (χ3v) is 4.91. The van der Waals surface area contributed by atoms with E-state index < -0.39 is 91.2 Å². The van der Waals surface area contributed by atoms with Gasteiger partial charge in [-0.3, -0.25) is 4.79 Å². The number of amides is 1. The molecule has 0 fully saturated rings. The molecule has 0 unspecified atom stereocenters. The van der Waals surface area contributed by atoms with Crippen LogP contribution in [0.25, 0.3) is 0 Å². The van der Waals surface area contributed by atoms with Gasteiger partial charge in [0.1, 0.15) is 10.6 Å². The Kier molecular flexibility index (Phi) is 6.35. The van der Waals surface area contributed by atoms with Gasteiger partial charge in [-0.1, -0.05) is 0 Å². The summed E-state index contributed by atoms with van der Waals surface area (Å²) in [7, 11) is 0. The molecule has 15 heteroatoms. The molecule has 0 saturated carbocycles. The van der Waals surface area contributed by atoms with Crippen LogP contribution < -0.4 is 10.1 Å². The van der Waals surface area contributed by atoms with Crippen LogP contribution in [0.15, 0.2) is 12.1 Å². The molecule has 174 valence electrons. The van der Waals surface area contributed by atoms with Crippen molar-refractivity contribution in [3.8, 4) is 5.75 Å². The number of carbonyl (C=O) groups excluding carboxylic acids is 2. The van der Waals surface area contributed by atoms with E-state index in [2.05, 4.69) is 4.74 Å². The molecule has 1 N–H and O–H groups in total. The SMILES string of the molecule is O=C(Nc1c(F)c(F)c(F)c(F)c1F)c1ccc(C(=O)Oc2c(F)c(F)c(F)c(F)c2F)s1. The average molecular weight is 503 g/mol. The summed E-state index contributed by atoms with van der Waals surface area (Å²) >= 11 is 0.135. The first-order valence-corrected chi connectivity index (χ1v) is 8.84. The zero-order valence-corrected chi connectivity index (χ0v) is 15.9. The zero-order chi connectivity index (χ0) is 24.8. The minimum atomic E-state index is -2.51. The molecule has 2 aromatic carbocycles. The Morgan fingerprint density at radius 3 is 1.48 bits per heavy atom. The molecule has 3 rings (SSSR count). The van der Waals surface area contributed by atoms with Crippen LogP contribution in [0.1, 0.15) is 19.3 Å². The molecule has 0 spiro atoms. The van der Waals surface area contributed by atoms with Crippen molar-refractivity contribution in [2.45, 2.75) is 0 Å². The van der Waals surface area contributed by atoms with E-state index in [4.69, 9.17) is 0 Å². The number of esters is 1. The van der Waals surface area contributed by atoms with Crippen molar-refractivity contribution in [1.82, 2.24) is 0 Å². The largest absolute Gasteiger partial charge is 0.416 e. The van der Waals surface area contributed by atoms with Gasteiger partial charge < -0.3 is 10.1 Å². The van der Waals surface area contributed by atoms with Gasteiger partial charge in [-0.25, -0.2) is 39.9 Å². The second-order valence-electron chi connectivity index (χ2n) is 5.85. The lowest BCUT2D eigenvalue weighted by molar-refractivity contribution is 0.0721. The molecule has 0 saturated heterocycles. The molecule has 0 atom stereocenters. The predicted octanol–water partition coefficient (Wildman–Crippen LogP) is 5.61. The number of hydrogen-bond acceptors (Lipinski definition) is 4. The Morgan fingerprint density at radius 1 is 0.606 bits per heavy atom. The Hall–Kier alpha value is -3.62. The van der Waals surface area contributed by atoms with Crippen molar-refractivity contribution in [2.75, 3.05) is 5.32 Å². The molecule has 0 bridgehead atoms. The minimum Gasteiger partial charge on any atom is -0.416 e. The molecule has 1 heterocycles. The van der Waals surface area contributed by atoms with Crippen molar-refractivity contribution in [3.05, 3.63) is 80.1 Å². The second kappa shape index (κ2) is 8.73. The molecule has 0 aliphatic rings. The lowest BCUT2D eigenvalue weighted by Gasteiger charge is -2.09. The first kappa shape index (κ1) is 24.0. The van der Waals surface area contributed by atoms with Crippen LogP contribution in [-0.4, -0.2) is 11.9 Å². The van der Waals surface area contributed by atoms with Gasteiger partial charge >= 0.3 is 5.97 Å². The highest BCUT2D eigenvalue weighted by Crippen LogP contribution is 2.31. The quantitative estimate of drug-likeness (QED) is 0.166. The molecule has 0 aliphatic heterocycles. The highest BCUT2D eigenvalue weighted by molar-refractivity contribution is 7.16. The van der Waals surface area contributed by atoms with Crippen LogP contribution >= 0.6 is 11.3 Å². The van der Waals surface area contributed by atoms with E-state index in [1.807, 2.05) is 0 Å². The Balaban J connectivity index is 1.85. The van der Waals surface area contributed by atoms with Crippen LogP contribution in [0.4, 0.5) is 49.6 Å². The summed E-state index contributed by atoms with van der Waals surface area (Å²) in [4.78, 5) is 22.8. The molecule has 33 heavy (non-hydrogen) atoms. The lowest BCUT2D eigenvalue weighted by atomic mass is 10.2. The maximum absolute atomic E-state index is 13.7. The fourth-order valence-electron chi connectivity index (χ4n) is 2.28. The molecular formula is C18H3F10NO3S. The monoisotopic (exact) mass is 503 g/mol. The molecule has 4 nitrogen and oxygen atoms in total. The molecule has 3 aromatic rings. The summed E-state index contributed by atoms with van der Waals surface area (Å²) in [6.07, 6.45) is 0. The highest BCUT2D eigenvalue weighted by atomic mass is 32.1. The number of thiophene rings is 1. The molecule has 0 radical (unpaired) electrons. The van der Waals surface area contributed by atoms with Crippen molar-refractivity contribution < 1.29 is 58.2 Å². The van der Waals surface area contributed by atoms with Gasteiger partial charge in [0.25, 0.3) is 5.91 Å². The van der Waals surface area contributed by atoms with Gasteiger partial charge in [-0.15, -0.1) is 11.3 Å². The van der Waals surface area contributed by atoms with Crippen molar-refractivity contribution in [1.29, 1.82) is 0 Å². The van der Waals surface area contributed by atoms with Crippen molar-refractivity contribution in [3.63, 3.8) is 0 Å². The third kappa shape index (κ3) is 4.10. The van der Waals surface area contributed by atoms with Crippen LogP contribution in [0.3, 0.4) is 0 Å². The average Bonchev–Trinajstić information content (AvgIpc) is 3.30. The minimum absolute atomic E-state index is 0.135. The van der Waals surface area contributed by atoms with E-state index in [0.29, 0.717) is 0 Å². The smallest absolute Gasteiger partial charge is 0.353 e. The number of nitrogens with one attached hydrogen (secondary N) is 1. The summed E-state index contributed by atoms with van der Waals surface area (Å²) in [6.45, 7) is 0. The zero-order valence-electron chi connectivity index (χ0n) is 15.1. The predicted molar refractivity (Wildman–Crippen MR) is 89.7 cm³/mol. The van der Waals surface area contributed by atoms with E-state index >= 15 is 0 Å². The Bertz CT molecular complexity index is 1170. The van der Waals surface area contributed by atoms with Gasteiger partial charge in [0.2, 0.25) is 40.7 Å². The summed E-state index contributed by atoms with van der Waals surface area (Å²) < 4.78 is 138. The number of carbonyl (C=O) groups is 2. The van der Waals surface area contributed by atoms with E-state index in [1.165, 1.54) is 5.32 Å². The first-order valence-electron chi connectivity index (χ1n) is 8.03. The van der Waals surface area contributed by atoms with Gasteiger partial charge in [-0.05, 0) is 12.1 Å². The summed E-state index contributed by atoms with van der Waals surface area (Å²) in [5, 5.41) is 1.41. The summed E-state index contributed by atoms with van der Waals surface area (Å²) in [5.41, 5.74) is -1.70. The van der Waals surface area contributed by atoms with Crippen molar-refractivity contribution >= 4 is 28.9 Å². The number of benzene rings is 2. The van der Waals surface area contributed by atoms with Gasteiger partial charge in [-0.2, -0.15) is 8.78 Å². The highest BCUT2D eigenvalue weighted by Gasteiger charge is 2.30. The molecule has 1 aromatic heterocycles. The Labute approximate surface area is 179 Å². The topological polar surface area (TPSA) is 55.4 Å². The molecule has 0 aliphatic carbocycles. The fraction of sp³-hybridized carbons (Fsp3) is 0. The van der Waals surface area contributed by atoms with Gasteiger partial charge in [0.15, 0.2) is 23.3 Å². The number of hydrogen-bond donors (Lipinski definition) is 1. The standard InChI is InChI=1S/C18H3F10NO3S/c19-5-7(21)11(25)15(12(26)8(5)22)29-17(30)3-1-2-4(33-3)18(31)32-16-13(27)9(23)6(20)10(24)14(16)28/h1-2H,(H,29,30). The number of ether oxygens (including phenoxy) is 1. The van der Waals surface area contributed by atoms with Crippen LogP contribution in [0.2, 0.25) is 0 Å². The Morgan fingerprint density at radius 2 is 1.00 bits per heavy atom. The second-order valence-corrected chi connectivity index (χ2v) is 6.94. The van der Waals surface area contributed by atoms with Gasteiger partial charge in [0, 0.05) is 0 Å². The molecule has 1 amide bonds. The maximum atomic E-state index is 13.7. The van der Waals surface area contributed by atoms with Gasteiger partial charge in [0.05, 0.1) is 4.88 Å². The fourth-order valence-corrected chi connectivity index (χ4v) is 3.05. The van der Waals surface area contributed by atoms with Crippen LogP contribution in [0, 0.1) is 58.2 Å². The first-order chi connectivity index (χ1) is 15.4. The third-order valence-electron chi connectivity index (χ3n) is 3.84. The van der Waals surface area contributed by atoms with E-state index in [-0.39, 0.29) is 11.3 Å². The number of halogens is 10. The van der Waals surface area contributed by atoms with E-state index in [9.17, 15) is 53.5 Å². The number of anilines is 1. The number of rotatable bonds is 4. The van der Waals surface area contributed by atoms with E-state index in [0.717, 1.165) is 12.1 Å².